The summed E-state index contributed by atoms with van der Waals surface area (Å²) in [5.74, 6) is 0.123. The summed E-state index contributed by atoms with van der Waals surface area (Å²) in [6, 6.07) is 8.91. The Balaban J connectivity index is 2.23. The van der Waals surface area contributed by atoms with Crippen molar-refractivity contribution < 1.29 is 4.79 Å². The van der Waals surface area contributed by atoms with Gasteiger partial charge in [0.15, 0.2) is 5.78 Å². The van der Waals surface area contributed by atoms with Gasteiger partial charge in [0, 0.05) is 36.4 Å². The van der Waals surface area contributed by atoms with E-state index in [-0.39, 0.29) is 5.78 Å². The van der Waals surface area contributed by atoms with E-state index in [1.165, 1.54) is 5.69 Å². The summed E-state index contributed by atoms with van der Waals surface area (Å²) in [5.41, 5.74) is 1.99. The van der Waals surface area contributed by atoms with Crippen LogP contribution in [-0.2, 0) is 0 Å². The van der Waals surface area contributed by atoms with Crippen molar-refractivity contribution in [2.45, 2.75) is 32.9 Å². The highest BCUT2D eigenvalue weighted by atomic mass is 16.1. The Bertz CT molecular complexity index is 389. The molecule has 2 unspecified atom stereocenters. The van der Waals surface area contributed by atoms with Gasteiger partial charge in [-0.2, -0.15) is 0 Å². The first kappa shape index (κ1) is 12.1. The topological polar surface area (TPSA) is 32.3 Å². The van der Waals surface area contributed by atoms with Crippen molar-refractivity contribution in [2.75, 3.05) is 18.0 Å². The summed E-state index contributed by atoms with van der Waals surface area (Å²) >= 11 is 0. The van der Waals surface area contributed by atoms with Crippen LogP contribution >= 0.6 is 0 Å². The number of nitrogens with one attached hydrogen (secondary N) is 1. The highest BCUT2D eigenvalue weighted by molar-refractivity contribution is 5.94. The first-order valence-corrected chi connectivity index (χ1v) is 6.19. The van der Waals surface area contributed by atoms with Crippen molar-refractivity contribution in [2.24, 2.45) is 0 Å². The second-order valence-corrected chi connectivity index (χ2v) is 4.87. The van der Waals surface area contributed by atoms with Gasteiger partial charge in [-0.3, -0.25) is 4.79 Å². The molecule has 1 saturated heterocycles. The van der Waals surface area contributed by atoms with E-state index in [2.05, 4.69) is 36.2 Å². The Labute approximate surface area is 103 Å². The van der Waals surface area contributed by atoms with Crippen LogP contribution in [0.3, 0.4) is 0 Å². The Morgan fingerprint density at radius 1 is 1.18 bits per heavy atom. The van der Waals surface area contributed by atoms with Crippen molar-refractivity contribution in [3.8, 4) is 0 Å². The third-order valence-corrected chi connectivity index (χ3v) is 3.40. The number of carbonyl (C=O) groups is 1. The van der Waals surface area contributed by atoms with Crippen molar-refractivity contribution >= 4 is 11.5 Å². The molecule has 17 heavy (non-hydrogen) atoms. The van der Waals surface area contributed by atoms with E-state index in [0.717, 1.165) is 18.7 Å². The Morgan fingerprint density at radius 2 is 1.71 bits per heavy atom. The standard InChI is InChI=1S/C14H20N2O/c1-10-8-15-9-11(2)16(10)14-6-4-13(5-7-14)12(3)17/h4-7,10-11,15H,8-9H2,1-3H3. The molecule has 1 fully saturated rings. The van der Waals surface area contributed by atoms with Crippen LogP contribution < -0.4 is 10.2 Å². The molecule has 1 aromatic carbocycles. The average molecular weight is 232 g/mol. The number of benzene rings is 1. The van der Waals surface area contributed by atoms with E-state index in [1.54, 1.807) is 6.92 Å². The maximum absolute atomic E-state index is 11.2. The molecule has 2 atom stereocenters. The number of nitrogens with zero attached hydrogens (tertiary/aromatic N) is 1. The van der Waals surface area contributed by atoms with Gasteiger partial charge in [-0.15, -0.1) is 0 Å². The number of anilines is 1. The predicted molar refractivity (Wildman–Crippen MR) is 70.7 cm³/mol. The third kappa shape index (κ3) is 2.50. The molecule has 0 spiro atoms. The van der Waals surface area contributed by atoms with Crippen LogP contribution in [0, 0.1) is 0 Å². The summed E-state index contributed by atoms with van der Waals surface area (Å²) in [4.78, 5) is 13.7. The second kappa shape index (κ2) is 4.88. The summed E-state index contributed by atoms with van der Waals surface area (Å²) < 4.78 is 0. The minimum Gasteiger partial charge on any atom is -0.364 e. The van der Waals surface area contributed by atoms with Gasteiger partial charge in [-0.05, 0) is 45.0 Å². The zero-order chi connectivity index (χ0) is 12.4. The molecule has 0 saturated carbocycles. The fraction of sp³-hybridized carbons (Fsp3) is 0.500. The van der Waals surface area contributed by atoms with Crippen LogP contribution in [0.1, 0.15) is 31.1 Å². The zero-order valence-electron chi connectivity index (χ0n) is 10.7. The first-order valence-electron chi connectivity index (χ1n) is 6.19. The van der Waals surface area contributed by atoms with E-state index in [4.69, 9.17) is 0 Å². The molecule has 1 aliphatic rings. The maximum Gasteiger partial charge on any atom is 0.159 e. The third-order valence-electron chi connectivity index (χ3n) is 3.40. The summed E-state index contributed by atoms with van der Waals surface area (Å²) in [6.07, 6.45) is 0. The molecule has 1 aromatic rings. The molecule has 0 amide bonds. The van der Waals surface area contributed by atoms with Crippen molar-refractivity contribution in [3.63, 3.8) is 0 Å². The highest BCUT2D eigenvalue weighted by Crippen LogP contribution is 2.22. The van der Waals surface area contributed by atoms with Crippen LogP contribution in [0.25, 0.3) is 0 Å². The fourth-order valence-corrected chi connectivity index (χ4v) is 2.51. The van der Waals surface area contributed by atoms with Gasteiger partial charge in [0.05, 0.1) is 0 Å². The quantitative estimate of drug-likeness (QED) is 0.792. The lowest BCUT2D eigenvalue weighted by atomic mass is 10.1. The molecular formula is C14H20N2O. The number of Topliss-reactive ketones (excluding diaryl/α,β-unsaturated/α-hetero) is 1. The van der Waals surface area contributed by atoms with Gasteiger partial charge in [-0.1, -0.05) is 0 Å². The number of carbonyl (C=O) groups excluding carboxylic acids is 1. The number of rotatable bonds is 2. The predicted octanol–water partition coefficient (Wildman–Crippen LogP) is 2.08. The van der Waals surface area contributed by atoms with Crippen LogP contribution in [0.5, 0.6) is 0 Å². The Morgan fingerprint density at radius 3 is 2.18 bits per heavy atom. The minimum atomic E-state index is 0.123. The number of hydrogen-bond acceptors (Lipinski definition) is 3. The van der Waals surface area contributed by atoms with E-state index < -0.39 is 0 Å². The van der Waals surface area contributed by atoms with Crippen molar-refractivity contribution in [1.29, 1.82) is 0 Å². The van der Waals surface area contributed by atoms with E-state index in [9.17, 15) is 4.79 Å². The van der Waals surface area contributed by atoms with Gasteiger partial charge in [0.1, 0.15) is 0 Å². The van der Waals surface area contributed by atoms with E-state index in [1.807, 2.05) is 12.1 Å². The van der Waals surface area contributed by atoms with Crippen LogP contribution in [-0.4, -0.2) is 31.0 Å². The fourth-order valence-electron chi connectivity index (χ4n) is 2.51. The molecule has 3 heteroatoms. The van der Waals surface area contributed by atoms with Gasteiger partial charge < -0.3 is 10.2 Å². The molecule has 3 nitrogen and oxygen atoms in total. The molecule has 92 valence electrons. The van der Waals surface area contributed by atoms with Crippen LogP contribution in [0.15, 0.2) is 24.3 Å². The Kier molecular flexibility index (Phi) is 3.48. The lowest BCUT2D eigenvalue weighted by molar-refractivity contribution is 0.101. The number of piperazine rings is 1. The highest BCUT2D eigenvalue weighted by Gasteiger charge is 2.24. The smallest absolute Gasteiger partial charge is 0.159 e. The molecule has 0 bridgehead atoms. The molecular weight excluding hydrogens is 212 g/mol. The molecule has 0 aliphatic carbocycles. The largest absolute Gasteiger partial charge is 0.364 e. The normalized spacial score (nSPS) is 24.8. The lowest BCUT2D eigenvalue weighted by Crippen LogP contribution is -2.55. The minimum absolute atomic E-state index is 0.123. The second-order valence-electron chi connectivity index (χ2n) is 4.87. The number of hydrogen-bond donors (Lipinski definition) is 1. The summed E-state index contributed by atoms with van der Waals surface area (Å²) in [7, 11) is 0. The van der Waals surface area contributed by atoms with Crippen LogP contribution in [0.4, 0.5) is 5.69 Å². The molecule has 0 aromatic heterocycles. The van der Waals surface area contributed by atoms with E-state index in [0.29, 0.717) is 12.1 Å². The van der Waals surface area contributed by atoms with Crippen LogP contribution in [0.2, 0.25) is 0 Å². The van der Waals surface area contributed by atoms with E-state index >= 15 is 0 Å². The number of ketones is 1. The van der Waals surface area contributed by atoms with Gasteiger partial charge in [-0.25, -0.2) is 0 Å². The van der Waals surface area contributed by atoms with Gasteiger partial charge in [0.25, 0.3) is 0 Å². The summed E-state index contributed by atoms with van der Waals surface area (Å²) in [6.45, 7) is 8.08. The molecule has 1 heterocycles. The molecule has 1 aliphatic heterocycles. The molecule has 1 N–H and O–H groups in total. The van der Waals surface area contributed by atoms with Gasteiger partial charge in [0.2, 0.25) is 0 Å². The molecule has 0 radical (unpaired) electrons. The van der Waals surface area contributed by atoms with Crippen molar-refractivity contribution in [3.05, 3.63) is 29.8 Å². The Hall–Kier alpha value is -1.35. The zero-order valence-corrected chi connectivity index (χ0v) is 10.7. The monoisotopic (exact) mass is 232 g/mol. The van der Waals surface area contributed by atoms with Gasteiger partial charge >= 0.3 is 0 Å². The maximum atomic E-state index is 11.2. The summed E-state index contributed by atoms with van der Waals surface area (Å²) in [5, 5.41) is 3.42. The lowest BCUT2D eigenvalue weighted by Gasteiger charge is -2.41. The average Bonchev–Trinajstić information content (AvgIpc) is 2.29. The van der Waals surface area contributed by atoms with Crippen molar-refractivity contribution in [1.82, 2.24) is 5.32 Å². The SMILES string of the molecule is CC(=O)c1ccc(N2C(C)CNCC2C)cc1. The first-order chi connectivity index (χ1) is 8.09. The molecule has 2 rings (SSSR count).